The molecule has 1 unspecified atom stereocenters. The molecule has 3 rings (SSSR count). The predicted octanol–water partition coefficient (Wildman–Crippen LogP) is 0.604. The molecule has 2 aliphatic rings. The molecule has 1 amide bonds. The van der Waals surface area contributed by atoms with Gasteiger partial charge in [0.1, 0.15) is 0 Å². The van der Waals surface area contributed by atoms with Gasteiger partial charge in [0.25, 0.3) is 0 Å². The highest BCUT2D eigenvalue weighted by Gasteiger charge is 2.37. The lowest BCUT2D eigenvalue weighted by molar-refractivity contribution is -0.137. The molecule has 2 aliphatic heterocycles. The lowest BCUT2D eigenvalue weighted by Gasteiger charge is -2.34. The molecule has 2 saturated heterocycles. The van der Waals surface area contributed by atoms with E-state index in [1.807, 2.05) is 6.07 Å². The first-order valence-electron chi connectivity index (χ1n) is 9.11. The third kappa shape index (κ3) is 4.21. The van der Waals surface area contributed by atoms with Gasteiger partial charge in [0.2, 0.25) is 15.9 Å². The molecule has 28 heavy (non-hydrogen) atoms. The van der Waals surface area contributed by atoms with Crippen LogP contribution in [0.5, 0.6) is 0 Å². The van der Waals surface area contributed by atoms with E-state index in [-0.39, 0.29) is 47.4 Å². The number of piperidine rings is 1. The van der Waals surface area contributed by atoms with Crippen LogP contribution in [0.25, 0.3) is 0 Å². The number of hydrogen-bond acceptors (Lipinski definition) is 6. The summed E-state index contributed by atoms with van der Waals surface area (Å²) < 4.78 is 50.2. The molecule has 0 radical (unpaired) electrons. The maximum Gasteiger partial charge on any atom is 0.243 e. The smallest absolute Gasteiger partial charge is 0.243 e. The second-order valence-corrected chi connectivity index (χ2v) is 11.5. The van der Waals surface area contributed by atoms with Crippen LogP contribution in [0.1, 0.15) is 24.8 Å². The Balaban J connectivity index is 1.62. The minimum atomic E-state index is -3.67. The van der Waals surface area contributed by atoms with E-state index >= 15 is 0 Å². The largest absolute Gasteiger partial charge is 0.341 e. The summed E-state index contributed by atoms with van der Waals surface area (Å²) in [6.07, 6.45) is 1.26. The molecule has 152 valence electrons. The Labute approximate surface area is 165 Å². The van der Waals surface area contributed by atoms with Crippen molar-refractivity contribution >= 4 is 25.8 Å². The van der Waals surface area contributed by atoms with E-state index in [4.69, 9.17) is 5.26 Å². The first-order chi connectivity index (χ1) is 13.1. The Hall–Kier alpha value is -1.96. The van der Waals surface area contributed by atoms with Gasteiger partial charge in [-0.15, -0.1) is 0 Å². The van der Waals surface area contributed by atoms with Crippen LogP contribution in [0.3, 0.4) is 0 Å². The van der Waals surface area contributed by atoms with Crippen LogP contribution in [0, 0.1) is 17.2 Å². The van der Waals surface area contributed by atoms with Gasteiger partial charge in [-0.1, -0.05) is 0 Å². The molecule has 8 nitrogen and oxygen atoms in total. The quantitative estimate of drug-likeness (QED) is 0.698. The van der Waals surface area contributed by atoms with E-state index in [0.29, 0.717) is 24.8 Å². The van der Waals surface area contributed by atoms with Crippen molar-refractivity contribution in [3.63, 3.8) is 0 Å². The van der Waals surface area contributed by atoms with Crippen molar-refractivity contribution in [2.24, 2.45) is 5.92 Å². The number of benzene rings is 1. The SMILES string of the molecule is CN(C(=O)C1CCN(S(=O)(=O)c2ccc(C#N)cc2)CC1)C1CCS(=O)(=O)C1. The van der Waals surface area contributed by atoms with Crippen molar-refractivity contribution in [1.29, 1.82) is 5.26 Å². The van der Waals surface area contributed by atoms with Gasteiger partial charge in [-0.3, -0.25) is 4.79 Å². The van der Waals surface area contributed by atoms with Crippen molar-refractivity contribution in [2.75, 3.05) is 31.6 Å². The normalized spacial score (nSPS) is 23.2. The Morgan fingerprint density at radius 3 is 2.29 bits per heavy atom. The number of nitriles is 1. The van der Waals surface area contributed by atoms with E-state index in [2.05, 4.69) is 0 Å². The first kappa shape index (κ1) is 20.8. The van der Waals surface area contributed by atoms with E-state index in [0.717, 1.165) is 0 Å². The topological polar surface area (TPSA) is 116 Å². The van der Waals surface area contributed by atoms with E-state index in [1.54, 1.807) is 7.05 Å². The molecule has 1 aromatic rings. The van der Waals surface area contributed by atoms with E-state index in [9.17, 15) is 21.6 Å². The van der Waals surface area contributed by atoms with Crippen LogP contribution >= 0.6 is 0 Å². The highest BCUT2D eigenvalue weighted by Crippen LogP contribution is 2.27. The van der Waals surface area contributed by atoms with Crippen LogP contribution in [0.15, 0.2) is 29.2 Å². The van der Waals surface area contributed by atoms with Crippen LogP contribution in [-0.4, -0.2) is 69.6 Å². The number of sulfonamides is 1. The lowest BCUT2D eigenvalue weighted by atomic mass is 9.96. The molecular formula is C18H23N3O5S2. The summed E-state index contributed by atoms with van der Waals surface area (Å²) >= 11 is 0. The Morgan fingerprint density at radius 1 is 1.18 bits per heavy atom. The summed E-state index contributed by atoms with van der Waals surface area (Å²) in [5, 5.41) is 8.83. The van der Waals surface area contributed by atoms with Crippen LogP contribution in [0.4, 0.5) is 0 Å². The molecule has 1 atom stereocenters. The summed E-state index contributed by atoms with van der Waals surface area (Å²) in [5.41, 5.74) is 0.389. The van der Waals surface area contributed by atoms with Gasteiger partial charge in [-0.2, -0.15) is 9.57 Å². The molecule has 1 aromatic carbocycles. The minimum absolute atomic E-state index is 0.00115. The molecule has 0 bridgehead atoms. The van der Waals surface area contributed by atoms with Crippen molar-refractivity contribution in [3.8, 4) is 6.07 Å². The van der Waals surface area contributed by atoms with E-state index < -0.39 is 19.9 Å². The second-order valence-electron chi connectivity index (χ2n) is 7.32. The van der Waals surface area contributed by atoms with Gasteiger partial charge in [-0.25, -0.2) is 16.8 Å². The number of nitrogens with zero attached hydrogens (tertiary/aromatic N) is 3. The number of carbonyl (C=O) groups is 1. The van der Waals surface area contributed by atoms with Crippen molar-refractivity contribution in [1.82, 2.24) is 9.21 Å². The summed E-state index contributed by atoms with van der Waals surface area (Å²) in [6.45, 7) is 0.463. The van der Waals surface area contributed by atoms with Crippen LogP contribution in [-0.2, 0) is 24.7 Å². The van der Waals surface area contributed by atoms with Gasteiger partial charge in [-0.05, 0) is 43.5 Å². The Morgan fingerprint density at radius 2 is 1.79 bits per heavy atom. The maximum atomic E-state index is 12.8. The van der Waals surface area contributed by atoms with E-state index in [1.165, 1.54) is 33.5 Å². The fourth-order valence-corrected chi connectivity index (χ4v) is 6.99. The molecule has 0 spiro atoms. The molecule has 0 aliphatic carbocycles. The average Bonchev–Trinajstić information content (AvgIpc) is 3.06. The highest BCUT2D eigenvalue weighted by atomic mass is 32.2. The molecule has 2 fully saturated rings. The number of carbonyl (C=O) groups excluding carboxylic acids is 1. The third-order valence-corrected chi connectivity index (χ3v) is 9.19. The highest BCUT2D eigenvalue weighted by molar-refractivity contribution is 7.91. The first-order valence-corrected chi connectivity index (χ1v) is 12.4. The van der Waals surface area contributed by atoms with Crippen molar-refractivity contribution < 1.29 is 21.6 Å². The summed E-state index contributed by atoms with van der Waals surface area (Å²) in [4.78, 5) is 14.4. The Kier molecular flexibility index (Phi) is 5.79. The molecule has 10 heteroatoms. The van der Waals surface area contributed by atoms with Crippen molar-refractivity contribution in [2.45, 2.75) is 30.2 Å². The third-order valence-electron chi connectivity index (χ3n) is 5.53. The maximum absolute atomic E-state index is 12.8. The molecule has 0 N–H and O–H groups in total. The number of sulfone groups is 1. The van der Waals surface area contributed by atoms with Crippen molar-refractivity contribution in [3.05, 3.63) is 29.8 Å². The second kappa shape index (κ2) is 7.81. The zero-order valence-electron chi connectivity index (χ0n) is 15.6. The van der Waals surface area contributed by atoms with Gasteiger partial charge in [0.05, 0.1) is 28.0 Å². The molecular weight excluding hydrogens is 402 g/mol. The minimum Gasteiger partial charge on any atom is -0.341 e. The zero-order valence-corrected chi connectivity index (χ0v) is 17.2. The summed E-state index contributed by atoms with van der Waals surface area (Å²) in [7, 11) is -5.11. The zero-order chi connectivity index (χ0) is 20.5. The molecule has 2 heterocycles. The summed E-state index contributed by atoms with van der Waals surface area (Å²) in [6, 6.07) is 7.42. The number of rotatable bonds is 4. The number of hydrogen-bond donors (Lipinski definition) is 0. The van der Waals surface area contributed by atoms with Gasteiger partial charge < -0.3 is 4.90 Å². The monoisotopic (exact) mass is 425 g/mol. The number of amides is 1. The average molecular weight is 426 g/mol. The fourth-order valence-electron chi connectivity index (χ4n) is 3.74. The standard InChI is InChI=1S/C18H23N3O5S2/c1-20(16-8-11-27(23,24)13-16)18(22)15-6-9-21(10-7-15)28(25,26)17-4-2-14(12-19)3-5-17/h2-5,15-16H,6-11,13H2,1H3. The Bertz CT molecular complexity index is 989. The van der Waals surface area contributed by atoms with Gasteiger partial charge >= 0.3 is 0 Å². The van der Waals surface area contributed by atoms with Crippen LogP contribution in [0.2, 0.25) is 0 Å². The van der Waals surface area contributed by atoms with Gasteiger partial charge in [0, 0.05) is 32.1 Å². The predicted molar refractivity (Wildman–Crippen MR) is 102 cm³/mol. The van der Waals surface area contributed by atoms with Crippen LogP contribution < -0.4 is 0 Å². The molecule has 0 aromatic heterocycles. The van der Waals surface area contributed by atoms with Gasteiger partial charge in [0.15, 0.2) is 9.84 Å². The lowest BCUT2D eigenvalue weighted by Crippen LogP contribution is -2.46. The fraction of sp³-hybridized carbons (Fsp3) is 0.556. The molecule has 0 saturated carbocycles. The summed E-state index contributed by atoms with van der Waals surface area (Å²) in [5.74, 6) is -0.309.